The summed E-state index contributed by atoms with van der Waals surface area (Å²) in [6.45, 7) is 3.71. The Kier molecular flexibility index (Phi) is 4.55. The fraction of sp³-hybridized carbons (Fsp3) is 0.400. The van der Waals surface area contributed by atoms with E-state index < -0.39 is 26.6 Å². The third kappa shape index (κ3) is 3.72. The zero-order valence-corrected chi connectivity index (χ0v) is 10.2. The molecule has 0 saturated heterocycles. The molecule has 4 nitrogen and oxygen atoms in total. The zero-order chi connectivity index (χ0) is 13.1. The van der Waals surface area contributed by atoms with Crippen LogP contribution in [0, 0.1) is 17.6 Å². The topological polar surface area (TPSA) is 55.4 Å². The van der Waals surface area contributed by atoms with Gasteiger partial charge in [0.25, 0.3) is 10.0 Å². The van der Waals surface area contributed by atoms with E-state index in [1.54, 1.807) is 18.7 Å². The van der Waals surface area contributed by atoms with Crippen molar-refractivity contribution >= 4 is 10.0 Å². The van der Waals surface area contributed by atoms with E-state index >= 15 is 0 Å². The highest BCUT2D eigenvalue weighted by Gasteiger charge is 2.23. The van der Waals surface area contributed by atoms with Gasteiger partial charge in [-0.05, 0) is 18.1 Å². The van der Waals surface area contributed by atoms with Crippen molar-refractivity contribution in [2.75, 3.05) is 6.61 Å². The van der Waals surface area contributed by atoms with E-state index in [1.165, 1.54) is 0 Å². The molecule has 0 aliphatic heterocycles. The molecule has 0 radical (unpaired) electrons. The molecule has 96 valence electrons. The lowest BCUT2D eigenvalue weighted by Crippen LogP contribution is -2.27. The van der Waals surface area contributed by atoms with Gasteiger partial charge in [-0.1, -0.05) is 24.8 Å². The molecule has 7 heteroatoms. The number of hydrogen-bond acceptors (Lipinski definition) is 3. The number of halogens is 2. The molecule has 0 aliphatic carbocycles. The molecule has 1 aromatic carbocycles. The Morgan fingerprint density at radius 1 is 1.29 bits per heavy atom. The summed E-state index contributed by atoms with van der Waals surface area (Å²) < 4.78 is 49.5. The van der Waals surface area contributed by atoms with E-state index in [9.17, 15) is 17.2 Å². The molecule has 0 bridgehead atoms. The number of rotatable bonds is 5. The number of benzene rings is 1. The summed E-state index contributed by atoms with van der Waals surface area (Å²) in [6, 6.07) is 2.80. The number of hydrogen-bond donors (Lipinski definition) is 1. The largest absolute Gasteiger partial charge is 0.287 e. The second-order valence-electron chi connectivity index (χ2n) is 3.84. The lowest BCUT2D eigenvalue weighted by molar-refractivity contribution is 0.0715. The van der Waals surface area contributed by atoms with Crippen LogP contribution in [0.4, 0.5) is 8.78 Å². The Balaban J connectivity index is 2.90. The van der Waals surface area contributed by atoms with Crippen LogP contribution >= 0.6 is 0 Å². The maximum absolute atomic E-state index is 13.2. The molecule has 0 unspecified atom stereocenters. The lowest BCUT2D eigenvalue weighted by atomic mass is 10.2. The van der Waals surface area contributed by atoms with Gasteiger partial charge in [-0.25, -0.2) is 17.2 Å². The fourth-order valence-corrected chi connectivity index (χ4v) is 2.02. The van der Waals surface area contributed by atoms with Crippen LogP contribution in [0.3, 0.4) is 0 Å². The smallest absolute Gasteiger partial charge is 0.268 e. The van der Waals surface area contributed by atoms with Crippen LogP contribution in [0.2, 0.25) is 0 Å². The van der Waals surface area contributed by atoms with Crippen LogP contribution in [-0.2, 0) is 14.9 Å². The summed E-state index contributed by atoms with van der Waals surface area (Å²) in [5.74, 6) is -2.24. The van der Waals surface area contributed by atoms with E-state index in [-0.39, 0.29) is 12.5 Å². The molecular weight excluding hydrogens is 252 g/mol. The first-order valence-corrected chi connectivity index (χ1v) is 6.40. The molecule has 0 amide bonds. The van der Waals surface area contributed by atoms with Crippen LogP contribution < -0.4 is 4.89 Å². The van der Waals surface area contributed by atoms with E-state index in [1.807, 2.05) is 0 Å². The summed E-state index contributed by atoms with van der Waals surface area (Å²) >= 11 is 0. The van der Waals surface area contributed by atoms with Gasteiger partial charge < -0.3 is 0 Å². The Hall–Kier alpha value is -1.05. The minimum atomic E-state index is -4.34. The molecule has 1 N–H and O–H groups in total. The Morgan fingerprint density at radius 2 is 1.82 bits per heavy atom. The molecule has 1 aromatic rings. The zero-order valence-electron chi connectivity index (χ0n) is 9.41. The summed E-state index contributed by atoms with van der Waals surface area (Å²) in [7, 11) is -4.34. The summed E-state index contributed by atoms with van der Waals surface area (Å²) in [6.07, 6.45) is 0. The standard InChI is InChI=1S/C10H13F2NO3S/c1-7(2)6-16-13-17(14,15)10-8(11)4-3-5-9(10)12/h3-5,7,13H,6H2,1-2H3. The van der Waals surface area contributed by atoms with Crippen LogP contribution in [0.5, 0.6) is 0 Å². The van der Waals surface area contributed by atoms with Crippen molar-refractivity contribution in [2.24, 2.45) is 5.92 Å². The Morgan fingerprint density at radius 3 is 2.29 bits per heavy atom. The van der Waals surface area contributed by atoms with Crippen molar-refractivity contribution < 1.29 is 22.0 Å². The summed E-state index contributed by atoms with van der Waals surface area (Å²) in [4.78, 5) is 5.30. The monoisotopic (exact) mass is 265 g/mol. The molecule has 0 spiro atoms. The quantitative estimate of drug-likeness (QED) is 0.826. The second kappa shape index (κ2) is 5.52. The molecule has 0 atom stereocenters. The SMILES string of the molecule is CC(C)CONS(=O)(=O)c1c(F)cccc1F. The average molecular weight is 265 g/mol. The van der Waals surface area contributed by atoms with Gasteiger partial charge in [0.2, 0.25) is 0 Å². The minimum Gasteiger partial charge on any atom is -0.287 e. The van der Waals surface area contributed by atoms with E-state index in [2.05, 4.69) is 4.84 Å². The fourth-order valence-electron chi connectivity index (χ4n) is 1.06. The first-order chi connectivity index (χ1) is 7.84. The maximum Gasteiger partial charge on any atom is 0.268 e. The summed E-state index contributed by atoms with van der Waals surface area (Å²) in [5, 5.41) is 0. The number of nitrogens with one attached hydrogen (secondary N) is 1. The molecule has 0 aromatic heterocycles. The van der Waals surface area contributed by atoms with Gasteiger partial charge in [0.1, 0.15) is 11.6 Å². The predicted molar refractivity (Wildman–Crippen MR) is 57.5 cm³/mol. The summed E-state index contributed by atoms with van der Waals surface area (Å²) in [5.41, 5.74) is 0. The molecule has 0 saturated carbocycles. The molecule has 17 heavy (non-hydrogen) atoms. The molecular formula is C10H13F2NO3S. The van der Waals surface area contributed by atoms with Crippen molar-refractivity contribution in [2.45, 2.75) is 18.7 Å². The minimum absolute atomic E-state index is 0.0863. The normalized spacial score (nSPS) is 12.1. The highest BCUT2D eigenvalue weighted by Crippen LogP contribution is 2.17. The second-order valence-corrected chi connectivity index (χ2v) is 5.42. The van der Waals surface area contributed by atoms with E-state index in [0.29, 0.717) is 0 Å². The van der Waals surface area contributed by atoms with Crippen LogP contribution in [0.15, 0.2) is 23.1 Å². The van der Waals surface area contributed by atoms with Gasteiger partial charge in [-0.3, -0.25) is 4.84 Å². The molecule has 0 heterocycles. The molecule has 0 fully saturated rings. The maximum atomic E-state index is 13.2. The van der Waals surface area contributed by atoms with Gasteiger partial charge >= 0.3 is 0 Å². The van der Waals surface area contributed by atoms with Crippen molar-refractivity contribution in [3.63, 3.8) is 0 Å². The van der Waals surface area contributed by atoms with E-state index in [0.717, 1.165) is 18.2 Å². The van der Waals surface area contributed by atoms with Crippen LogP contribution in [-0.4, -0.2) is 15.0 Å². The van der Waals surface area contributed by atoms with Crippen molar-refractivity contribution in [3.8, 4) is 0 Å². The van der Waals surface area contributed by atoms with Gasteiger partial charge in [0.15, 0.2) is 4.90 Å². The van der Waals surface area contributed by atoms with Crippen molar-refractivity contribution in [1.82, 2.24) is 4.89 Å². The van der Waals surface area contributed by atoms with Crippen molar-refractivity contribution in [3.05, 3.63) is 29.8 Å². The first kappa shape index (κ1) is 14.0. The van der Waals surface area contributed by atoms with Gasteiger partial charge in [0.05, 0.1) is 6.61 Å². The van der Waals surface area contributed by atoms with Crippen LogP contribution in [0.1, 0.15) is 13.8 Å². The van der Waals surface area contributed by atoms with Gasteiger partial charge in [-0.2, -0.15) is 0 Å². The highest BCUT2D eigenvalue weighted by molar-refractivity contribution is 7.89. The first-order valence-electron chi connectivity index (χ1n) is 4.92. The third-order valence-corrected chi connectivity index (χ3v) is 3.04. The predicted octanol–water partition coefficient (Wildman–Crippen LogP) is 1.83. The van der Waals surface area contributed by atoms with Crippen molar-refractivity contribution in [1.29, 1.82) is 0 Å². The molecule has 0 aliphatic rings. The highest BCUT2D eigenvalue weighted by atomic mass is 32.2. The van der Waals surface area contributed by atoms with Gasteiger partial charge in [-0.15, -0.1) is 0 Å². The Bertz CT molecular complexity index is 468. The Labute approximate surface area is 98.6 Å². The third-order valence-electron chi connectivity index (χ3n) is 1.77. The van der Waals surface area contributed by atoms with Gasteiger partial charge in [0, 0.05) is 0 Å². The number of sulfonamides is 1. The average Bonchev–Trinajstić information content (AvgIpc) is 2.15. The lowest BCUT2D eigenvalue weighted by Gasteiger charge is -2.09. The van der Waals surface area contributed by atoms with Crippen LogP contribution in [0.25, 0.3) is 0 Å². The van der Waals surface area contributed by atoms with E-state index in [4.69, 9.17) is 0 Å². The molecule has 1 rings (SSSR count).